The van der Waals surface area contributed by atoms with E-state index in [-0.39, 0.29) is 18.4 Å². The Bertz CT molecular complexity index is 964. The van der Waals surface area contributed by atoms with Crippen LogP contribution in [-0.4, -0.2) is 37.5 Å². The zero-order chi connectivity index (χ0) is 19.2. The second-order valence-corrected chi connectivity index (χ2v) is 7.13. The zero-order valence-electron chi connectivity index (χ0n) is 14.8. The molecule has 0 amide bonds. The smallest absolute Gasteiger partial charge is 0.231 e. The molecule has 1 aromatic carbocycles. The fourth-order valence-corrected chi connectivity index (χ4v) is 4.43. The van der Waals surface area contributed by atoms with Gasteiger partial charge in [0.25, 0.3) is 0 Å². The minimum Gasteiger partial charge on any atom is -0.454 e. The van der Waals surface area contributed by atoms with Crippen molar-refractivity contribution in [2.45, 2.75) is 5.92 Å². The van der Waals surface area contributed by atoms with Crippen molar-refractivity contribution >= 4 is 5.71 Å². The minimum absolute atomic E-state index is 0.134. The number of hydrogen-bond donors (Lipinski definition) is 1. The Labute approximate surface area is 157 Å². The Balaban J connectivity index is 1.93. The number of nitrogens with one attached hydrogen (secondary N) is 1. The summed E-state index contributed by atoms with van der Waals surface area (Å²) in [4.78, 5) is 2.09. The maximum absolute atomic E-state index is 9.99. The van der Waals surface area contributed by atoms with Gasteiger partial charge in [0.05, 0.1) is 23.9 Å². The maximum Gasteiger partial charge on any atom is 0.231 e. The lowest BCUT2D eigenvalue weighted by Gasteiger charge is -2.47. The van der Waals surface area contributed by atoms with E-state index in [4.69, 9.17) is 14.9 Å². The van der Waals surface area contributed by atoms with E-state index < -0.39 is 17.3 Å². The number of ether oxygens (including phenoxy) is 2. The van der Waals surface area contributed by atoms with Crippen LogP contribution in [0.4, 0.5) is 0 Å². The van der Waals surface area contributed by atoms with Gasteiger partial charge < -0.3 is 19.8 Å². The Hall–Kier alpha value is -3.34. The maximum atomic E-state index is 9.99. The number of likely N-dealkylation sites (N-methyl/N-ethyl adjacent to an activating group) is 1. The van der Waals surface area contributed by atoms with E-state index in [2.05, 4.69) is 23.1 Å². The van der Waals surface area contributed by atoms with Gasteiger partial charge >= 0.3 is 0 Å². The average Bonchev–Trinajstić information content (AvgIpc) is 3.15. The van der Waals surface area contributed by atoms with E-state index in [0.717, 1.165) is 11.1 Å². The molecule has 1 aromatic rings. The van der Waals surface area contributed by atoms with Crippen LogP contribution in [0.2, 0.25) is 0 Å². The summed E-state index contributed by atoms with van der Waals surface area (Å²) in [6.45, 7) is 1.42. The number of hydrogen-bond acceptors (Lipinski definition) is 7. The molecule has 0 aromatic heterocycles. The van der Waals surface area contributed by atoms with E-state index in [1.54, 1.807) is 12.1 Å². The molecule has 1 unspecified atom stereocenters. The van der Waals surface area contributed by atoms with Gasteiger partial charge in [0.15, 0.2) is 16.9 Å². The van der Waals surface area contributed by atoms with E-state index in [1.165, 1.54) is 0 Å². The van der Waals surface area contributed by atoms with Crippen molar-refractivity contribution in [3.05, 3.63) is 35.4 Å². The van der Waals surface area contributed by atoms with Gasteiger partial charge in [-0.15, -0.1) is 0 Å². The van der Waals surface area contributed by atoms with Crippen LogP contribution in [0.3, 0.4) is 0 Å². The first-order valence-corrected chi connectivity index (χ1v) is 8.64. The Morgan fingerprint density at radius 1 is 1.19 bits per heavy atom. The molecule has 2 heterocycles. The molecule has 134 valence electrons. The standard InChI is InChI=1S/C20H17N5O2/c1-25-5-4-13-14(7-21)19(24)20(9-22,10-23)18(15(13)8-25)12-2-3-16-17(6-12)27-11-26-16/h2-4,6,14-15,18,24H,5,8,11H2,1H3/t14?,15-,18+/m0/s1. The van der Waals surface area contributed by atoms with Crippen molar-refractivity contribution < 1.29 is 9.47 Å². The SMILES string of the molecule is CN1CC=C2C(C#N)C(=N)C(C#N)(C#N)[C@H](c3ccc4c(c3)OCO4)[C@H]2C1. The van der Waals surface area contributed by atoms with Gasteiger partial charge in [-0.1, -0.05) is 12.1 Å². The minimum atomic E-state index is -1.70. The zero-order valence-corrected chi connectivity index (χ0v) is 14.8. The molecule has 0 bridgehead atoms. The van der Waals surface area contributed by atoms with Crippen LogP contribution in [0.15, 0.2) is 29.8 Å². The summed E-state index contributed by atoms with van der Waals surface area (Å²) < 4.78 is 10.8. The highest BCUT2D eigenvalue weighted by molar-refractivity contribution is 6.00. The molecule has 2 aliphatic heterocycles. The molecule has 0 spiro atoms. The van der Waals surface area contributed by atoms with E-state index in [0.29, 0.717) is 24.6 Å². The van der Waals surface area contributed by atoms with E-state index in [1.807, 2.05) is 19.2 Å². The summed E-state index contributed by atoms with van der Waals surface area (Å²) in [5.74, 6) is -0.417. The number of nitrogens with zero attached hydrogens (tertiary/aromatic N) is 4. The Morgan fingerprint density at radius 3 is 2.63 bits per heavy atom. The highest BCUT2D eigenvalue weighted by Crippen LogP contribution is 2.54. The molecular weight excluding hydrogens is 342 g/mol. The van der Waals surface area contributed by atoms with Gasteiger partial charge in [-0.2, -0.15) is 15.8 Å². The fourth-order valence-electron chi connectivity index (χ4n) is 4.43. The third-order valence-electron chi connectivity index (χ3n) is 5.73. The quantitative estimate of drug-likeness (QED) is 0.768. The molecule has 7 nitrogen and oxygen atoms in total. The van der Waals surface area contributed by atoms with Crippen molar-refractivity contribution in [3.8, 4) is 29.7 Å². The van der Waals surface area contributed by atoms with Gasteiger partial charge in [-0.05, 0) is 30.3 Å². The molecule has 1 fully saturated rings. The summed E-state index contributed by atoms with van der Waals surface area (Å²) in [7, 11) is 1.96. The van der Waals surface area contributed by atoms with E-state index >= 15 is 0 Å². The predicted octanol–water partition coefficient (Wildman–Crippen LogP) is 2.19. The number of benzene rings is 1. The second-order valence-electron chi connectivity index (χ2n) is 7.13. The molecule has 7 heteroatoms. The van der Waals surface area contributed by atoms with Crippen LogP contribution in [-0.2, 0) is 0 Å². The lowest BCUT2D eigenvalue weighted by Crippen LogP contribution is -2.52. The molecule has 4 rings (SSSR count). The highest BCUT2D eigenvalue weighted by atomic mass is 16.7. The van der Waals surface area contributed by atoms with Crippen LogP contribution in [0, 0.1) is 56.7 Å². The highest BCUT2D eigenvalue weighted by Gasteiger charge is 2.57. The summed E-state index contributed by atoms with van der Waals surface area (Å²) in [5.41, 5.74) is -0.252. The molecule has 3 atom stereocenters. The molecule has 0 saturated heterocycles. The van der Waals surface area contributed by atoms with Gasteiger partial charge in [0.2, 0.25) is 6.79 Å². The molecule has 3 aliphatic rings. The van der Waals surface area contributed by atoms with Gasteiger partial charge in [-0.25, -0.2) is 0 Å². The number of nitriles is 3. The Morgan fingerprint density at radius 2 is 1.93 bits per heavy atom. The van der Waals surface area contributed by atoms with Crippen molar-refractivity contribution in [1.29, 1.82) is 21.2 Å². The van der Waals surface area contributed by atoms with Crippen molar-refractivity contribution in [1.82, 2.24) is 4.90 Å². The monoisotopic (exact) mass is 359 g/mol. The molecule has 27 heavy (non-hydrogen) atoms. The first kappa shape index (κ1) is 17.1. The molecule has 0 radical (unpaired) electrons. The second kappa shape index (κ2) is 6.13. The number of rotatable bonds is 1. The summed E-state index contributed by atoms with van der Waals surface area (Å²) in [6.07, 6.45) is 1.97. The van der Waals surface area contributed by atoms with Gasteiger partial charge in [0, 0.05) is 24.9 Å². The summed E-state index contributed by atoms with van der Waals surface area (Å²) in [6, 6.07) is 11.7. The summed E-state index contributed by atoms with van der Waals surface area (Å²) >= 11 is 0. The van der Waals surface area contributed by atoms with E-state index in [9.17, 15) is 15.8 Å². The lowest BCUT2D eigenvalue weighted by molar-refractivity contribution is 0.174. The van der Waals surface area contributed by atoms with Gasteiger partial charge in [-0.3, -0.25) is 0 Å². The molecular formula is C20H17N5O2. The Kier molecular flexibility index (Phi) is 3.88. The normalized spacial score (nSPS) is 28.3. The first-order chi connectivity index (χ1) is 13.1. The predicted molar refractivity (Wildman–Crippen MR) is 94.9 cm³/mol. The van der Waals surface area contributed by atoms with Gasteiger partial charge in [0.1, 0.15) is 5.92 Å². The summed E-state index contributed by atoms with van der Waals surface area (Å²) in [5, 5.41) is 38.2. The molecule has 1 N–H and O–H groups in total. The first-order valence-electron chi connectivity index (χ1n) is 8.64. The van der Waals surface area contributed by atoms with Crippen LogP contribution in [0.25, 0.3) is 0 Å². The molecule has 1 aliphatic carbocycles. The van der Waals surface area contributed by atoms with Crippen LogP contribution < -0.4 is 9.47 Å². The van der Waals surface area contributed by atoms with Crippen LogP contribution in [0.1, 0.15) is 11.5 Å². The lowest BCUT2D eigenvalue weighted by atomic mass is 9.54. The third kappa shape index (κ3) is 2.31. The average molecular weight is 359 g/mol. The van der Waals surface area contributed by atoms with Crippen molar-refractivity contribution in [3.63, 3.8) is 0 Å². The van der Waals surface area contributed by atoms with Crippen LogP contribution >= 0.6 is 0 Å². The van der Waals surface area contributed by atoms with Crippen molar-refractivity contribution in [2.75, 3.05) is 26.9 Å². The third-order valence-corrected chi connectivity index (χ3v) is 5.73. The topological polar surface area (TPSA) is 117 Å². The van der Waals surface area contributed by atoms with Crippen molar-refractivity contribution in [2.24, 2.45) is 17.3 Å². The largest absolute Gasteiger partial charge is 0.454 e. The van der Waals surface area contributed by atoms with Crippen LogP contribution in [0.5, 0.6) is 11.5 Å². The number of fused-ring (bicyclic) bond motifs is 2. The fraction of sp³-hybridized carbons (Fsp3) is 0.400. The molecule has 1 saturated carbocycles.